The van der Waals surface area contributed by atoms with Gasteiger partial charge in [0.05, 0.1) is 0 Å². The molecule has 0 aliphatic heterocycles. The van der Waals surface area contributed by atoms with E-state index in [1.165, 1.54) is 17.2 Å². The Kier molecular flexibility index (Phi) is 5.40. The van der Waals surface area contributed by atoms with Crippen LogP contribution in [0.2, 0.25) is 0 Å². The summed E-state index contributed by atoms with van der Waals surface area (Å²) in [5.41, 5.74) is 3.51. The Bertz CT molecular complexity index is 577. The maximum absolute atomic E-state index is 13.3. The Morgan fingerprint density at radius 2 is 1.81 bits per heavy atom. The maximum atomic E-state index is 13.3. The van der Waals surface area contributed by atoms with E-state index in [1.54, 1.807) is 12.1 Å². The first-order valence-corrected chi connectivity index (χ1v) is 7.76. The molecule has 1 aliphatic rings. The van der Waals surface area contributed by atoms with E-state index >= 15 is 0 Å². The number of thiol groups is 1. The normalized spacial score (nSPS) is 15.4. The van der Waals surface area contributed by atoms with Crippen molar-refractivity contribution in [2.45, 2.75) is 32.1 Å². The first-order valence-electron chi connectivity index (χ1n) is 7.13. The Morgan fingerprint density at radius 3 is 2.52 bits per heavy atom. The summed E-state index contributed by atoms with van der Waals surface area (Å²) in [7, 11) is 0. The van der Waals surface area contributed by atoms with Crippen molar-refractivity contribution >= 4 is 12.6 Å². The molecule has 0 unspecified atom stereocenters. The third-order valence-corrected chi connectivity index (χ3v) is 3.96. The standard InChI is InChI=1S/C18H20F2S/c1-18(19,20)17-7-3-5-15(12-17)10-8-14-4-2-6-16(13-21)11-9-14/h3-7,9,11-12,21H,2,8,10,13H2,1H3. The van der Waals surface area contributed by atoms with Gasteiger partial charge in [0, 0.05) is 18.2 Å². The first-order chi connectivity index (χ1) is 9.99. The highest BCUT2D eigenvalue weighted by atomic mass is 32.1. The Balaban J connectivity index is 2.00. The van der Waals surface area contributed by atoms with E-state index in [4.69, 9.17) is 0 Å². The molecule has 0 bridgehead atoms. The van der Waals surface area contributed by atoms with Gasteiger partial charge < -0.3 is 0 Å². The van der Waals surface area contributed by atoms with Crippen LogP contribution in [0.5, 0.6) is 0 Å². The van der Waals surface area contributed by atoms with Crippen molar-refractivity contribution in [3.63, 3.8) is 0 Å². The van der Waals surface area contributed by atoms with Crippen LogP contribution in [-0.4, -0.2) is 5.75 Å². The number of benzene rings is 1. The van der Waals surface area contributed by atoms with Crippen LogP contribution in [0.25, 0.3) is 0 Å². The van der Waals surface area contributed by atoms with E-state index in [9.17, 15) is 8.78 Å². The van der Waals surface area contributed by atoms with Crippen molar-refractivity contribution < 1.29 is 8.78 Å². The van der Waals surface area contributed by atoms with Crippen LogP contribution in [-0.2, 0) is 12.3 Å². The van der Waals surface area contributed by atoms with Gasteiger partial charge in [0.2, 0.25) is 0 Å². The molecule has 0 spiro atoms. The molecule has 0 N–H and O–H groups in total. The van der Waals surface area contributed by atoms with Gasteiger partial charge in [-0.2, -0.15) is 12.6 Å². The van der Waals surface area contributed by atoms with Crippen molar-refractivity contribution in [2.75, 3.05) is 5.75 Å². The van der Waals surface area contributed by atoms with E-state index in [0.29, 0.717) is 0 Å². The molecule has 1 aliphatic carbocycles. The fraction of sp³-hybridized carbons (Fsp3) is 0.333. The number of halogens is 2. The summed E-state index contributed by atoms with van der Waals surface area (Å²) in [5.74, 6) is -2.03. The summed E-state index contributed by atoms with van der Waals surface area (Å²) >= 11 is 4.27. The van der Waals surface area contributed by atoms with E-state index in [1.807, 2.05) is 6.07 Å². The highest BCUT2D eigenvalue weighted by molar-refractivity contribution is 7.80. The van der Waals surface area contributed by atoms with Crippen molar-refractivity contribution in [2.24, 2.45) is 0 Å². The number of hydrogen-bond donors (Lipinski definition) is 1. The van der Waals surface area contributed by atoms with Gasteiger partial charge >= 0.3 is 0 Å². The third-order valence-electron chi connectivity index (χ3n) is 3.59. The van der Waals surface area contributed by atoms with Gasteiger partial charge in [0.15, 0.2) is 0 Å². The average Bonchev–Trinajstić information content (AvgIpc) is 2.69. The van der Waals surface area contributed by atoms with Crippen LogP contribution < -0.4 is 0 Å². The lowest BCUT2D eigenvalue weighted by atomic mass is 10.00. The summed E-state index contributed by atoms with van der Waals surface area (Å²) < 4.78 is 26.7. The van der Waals surface area contributed by atoms with E-state index in [-0.39, 0.29) is 5.56 Å². The molecule has 3 heteroatoms. The van der Waals surface area contributed by atoms with Gasteiger partial charge in [-0.25, -0.2) is 8.78 Å². The number of aryl methyl sites for hydroxylation is 1. The summed E-state index contributed by atoms with van der Waals surface area (Å²) in [6.07, 6.45) is 11.1. The molecule has 1 aromatic carbocycles. The van der Waals surface area contributed by atoms with Gasteiger partial charge in [-0.15, -0.1) is 0 Å². The molecule has 0 atom stereocenters. The molecule has 1 aromatic rings. The molecule has 0 nitrogen and oxygen atoms in total. The van der Waals surface area contributed by atoms with Crippen molar-refractivity contribution in [1.82, 2.24) is 0 Å². The fourth-order valence-electron chi connectivity index (χ4n) is 2.30. The Morgan fingerprint density at radius 1 is 1.10 bits per heavy atom. The predicted molar refractivity (Wildman–Crippen MR) is 88.1 cm³/mol. The minimum atomic E-state index is -2.77. The summed E-state index contributed by atoms with van der Waals surface area (Å²) in [5, 5.41) is 0. The van der Waals surface area contributed by atoms with E-state index in [2.05, 4.69) is 36.9 Å². The molecule has 0 saturated carbocycles. The van der Waals surface area contributed by atoms with Crippen LogP contribution >= 0.6 is 12.6 Å². The Hall–Kier alpha value is -1.35. The van der Waals surface area contributed by atoms with Gasteiger partial charge in [-0.05, 0) is 36.5 Å². The summed E-state index contributed by atoms with van der Waals surface area (Å²) in [4.78, 5) is 0. The molecule has 0 heterocycles. The minimum Gasteiger partial charge on any atom is -0.202 e. The van der Waals surface area contributed by atoms with Crippen molar-refractivity contribution in [1.29, 1.82) is 0 Å². The summed E-state index contributed by atoms with van der Waals surface area (Å²) in [6.45, 7) is 0.938. The lowest BCUT2D eigenvalue weighted by Crippen LogP contribution is -2.07. The number of hydrogen-bond acceptors (Lipinski definition) is 1. The average molecular weight is 306 g/mol. The number of alkyl halides is 2. The fourth-order valence-corrected chi connectivity index (χ4v) is 2.54. The number of allylic oxidation sites excluding steroid dienone is 5. The zero-order chi connectivity index (χ0) is 15.3. The van der Waals surface area contributed by atoms with Crippen LogP contribution in [0, 0.1) is 0 Å². The molecular weight excluding hydrogens is 286 g/mol. The topological polar surface area (TPSA) is 0 Å². The minimum absolute atomic E-state index is 0.0874. The highest BCUT2D eigenvalue weighted by Gasteiger charge is 2.23. The molecule has 0 radical (unpaired) electrons. The molecule has 0 amide bonds. The molecule has 21 heavy (non-hydrogen) atoms. The molecule has 112 valence electrons. The predicted octanol–water partition coefficient (Wildman–Crippen LogP) is 5.47. The summed E-state index contributed by atoms with van der Waals surface area (Å²) in [6, 6.07) is 6.71. The largest absolute Gasteiger partial charge is 0.270 e. The number of rotatable bonds is 5. The van der Waals surface area contributed by atoms with Crippen LogP contribution in [0.3, 0.4) is 0 Å². The lowest BCUT2D eigenvalue weighted by molar-refractivity contribution is 0.0174. The zero-order valence-corrected chi connectivity index (χ0v) is 13.0. The maximum Gasteiger partial charge on any atom is 0.270 e. The third kappa shape index (κ3) is 4.85. The lowest BCUT2D eigenvalue weighted by Gasteiger charge is -2.12. The van der Waals surface area contributed by atoms with Crippen molar-refractivity contribution in [3.05, 3.63) is 70.8 Å². The quantitative estimate of drug-likeness (QED) is 0.685. The van der Waals surface area contributed by atoms with Crippen LogP contribution in [0.1, 0.15) is 30.9 Å². The molecule has 0 fully saturated rings. The van der Waals surface area contributed by atoms with Crippen molar-refractivity contribution in [3.8, 4) is 0 Å². The Labute approximate surface area is 130 Å². The second-order valence-electron chi connectivity index (χ2n) is 5.37. The van der Waals surface area contributed by atoms with Gasteiger partial charge in [-0.3, -0.25) is 0 Å². The van der Waals surface area contributed by atoms with Gasteiger partial charge in [0.25, 0.3) is 5.92 Å². The second-order valence-corrected chi connectivity index (χ2v) is 5.69. The molecule has 2 rings (SSSR count). The SMILES string of the molecule is CC(F)(F)c1cccc(CCC2=CCC=C(CS)C=C2)c1. The van der Waals surface area contributed by atoms with Crippen LogP contribution in [0.4, 0.5) is 8.78 Å². The van der Waals surface area contributed by atoms with E-state index in [0.717, 1.165) is 37.5 Å². The van der Waals surface area contributed by atoms with E-state index < -0.39 is 5.92 Å². The highest BCUT2D eigenvalue weighted by Crippen LogP contribution is 2.28. The van der Waals surface area contributed by atoms with Gasteiger partial charge in [0.1, 0.15) is 0 Å². The molecular formula is C18H20F2S. The smallest absolute Gasteiger partial charge is 0.202 e. The second kappa shape index (κ2) is 7.08. The molecule has 0 aromatic heterocycles. The zero-order valence-electron chi connectivity index (χ0n) is 12.2. The first kappa shape index (κ1) is 16.0. The monoisotopic (exact) mass is 306 g/mol. The van der Waals surface area contributed by atoms with Crippen LogP contribution in [0.15, 0.2) is 59.7 Å². The molecule has 0 saturated heterocycles. The van der Waals surface area contributed by atoms with Gasteiger partial charge in [-0.1, -0.05) is 48.1 Å².